The molecule has 4 N–H and O–H groups in total. The Balaban J connectivity index is 1.11. The summed E-state index contributed by atoms with van der Waals surface area (Å²) in [4.78, 5) is 0. The average Bonchev–Trinajstić information content (AvgIpc) is 3.00. The predicted octanol–water partition coefficient (Wildman–Crippen LogP) is 11.6. The SMILES string of the molecule is CCCCCCCCCCCCCCC[C@H]1CC[C@H](C2CCC(c3ccc(N)cc3)(c3ccc(N)cc3)CC2)CC1. The average molecular weight is 559 g/mol. The summed E-state index contributed by atoms with van der Waals surface area (Å²) >= 11 is 0. The molecule has 41 heavy (non-hydrogen) atoms. The second-order valence-corrected chi connectivity index (χ2v) is 14.0. The van der Waals surface area contributed by atoms with Crippen molar-refractivity contribution in [2.45, 2.75) is 154 Å². The van der Waals surface area contributed by atoms with E-state index in [2.05, 4.69) is 55.5 Å². The van der Waals surface area contributed by atoms with E-state index in [1.54, 1.807) is 0 Å². The molecular weight excluding hydrogens is 496 g/mol. The highest BCUT2D eigenvalue weighted by molar-refractivity contribution is 5.49. The monoisotopic (exact) mass is 558 g/mol. The maximum Gasteiger partial charge on any atom is 0.0314 e. The largest absolute Gasteiger partial charge is 0.399 e. The Morgan fingerprint density at radius 1 is 0.512 bits per heavy atom. The van der Waals surface area contributed by atoms with Crippen LogP contribution in [0.1, 0.15) is 159 Å². The minimum atomic E-state index is 0.101. The van der Waals surface area contributed by atoms with E-state index < -0.39 is 0 Å². The molecule has 0 unspecified atom stereocenters. The van der Waals surface area contributed by atoms with Crippen molar-refractivity contribution in [1.29, 1.82) is 0 Å². The van der Waals surface area contributed by atoms with E-state index >= 15 is 0 Å². The van der Waals surface area contributed by atoms with E-state index in [0.717, 1.165) is 29.1 Å². The van der Waals surface area contributed by atoms with E-state index in [1.165, 1.54) is 152 Å². The highest BCUT2D eigenvalue weighted by Crippen LogP contribution is 2.50. The first-order chi connectivity index (χ1) is 20.1. The van der Waals surface area contributed by atoms with Gasteiger partial charge in [-0.1, -0.05) is 134 Å². The van der Waals surface area contributed by atoms with Crippen LogP contribution in [0, 0.1) is 17.8 Å². The van der Waals surface area contributed by atoms with Crippen LogP contribution >= 0.6 is 0 Å². The van der Waals surface area contributed by atoms with Crippen molar-refractivity contribution in [2.24, 2.45) is 17.8 Å². The molecule has 2 aliphatic rings. The summed E-state index contributed by atoms with van der Waals surface area (Å²) in [7, 11) is 0. The van der Waals surface area contributed by atoms with Gasteiger partial charge in [0.25, 0.3) is 0 Å². The molecular formula is C39H62N2. The van der Waals surface area contributed by atoms with E-state index in [-0.39, 0.29) is 5.41 Å². The summed E-state index contributed by atoms with van der Waals surface area (Å²) in [5.41, 5.74) is 16.8. The van der Waals surface area contributed by atoms with Crippen LogP contribution in [0.3, 0.4) is 0 Å². The lowest BCUT2D eigenvalue weighted by atomic mass is 9.60. The Morgan fingerprint density at radius 2 is 0.902 bits per heavy atom. The molecule has 0 spiro atoms. The highest BCUT2D eigenvalue weighted by Gasteiger charge is 2.40. The third-order valence-corrected chi connectivity index (χ3v) is 11.1. The van der Waals surface area contributed by atoms with Gasteiger partial charge < -0.3 is 11.5 Å². The Hall–Kier alpha value is -1.96. The Morgan fingerprint density at radius 3 is 1.34 bits per heavy atom. The van der Waals surface area contributed by atoms with Crippen LogP contribution in [0.15, 0.2) is 48.5 Å². The number of nitrogens with two attached hydrogens (primary N) is 2. The van der Waals surface area contributed by atoms with Crippen LogP contribution in [-0.4, -0.2) is 0 Å². The molecule has 2 aromatic rings. The Labute approximate surface area is 253 Å². The quantitative estimate of drug-likeness (QED) is 0.150. The van der Waals surface area contributed by atoms with Crippen LogP contribution in [0.5, 0.6) is 0 Å². The van der Waals surface area contributed by atoms with Gasteiger partial charge in [-0.15, -0.1) is 0 Å². The highest BCUT2D eigenvalue weighted by atomic mass is 14.6. The van der Waals surface area contributed by atoms with Crippen LogP contribution in [0.25, 0.3) is 0 Å². The second kappa shape index (κ2) is 17.2. The van der Waals surface area contributed by atoms with Crippen molar-refractivity contribution in [1.82, 2.24) is 0 Å². The number of unbranched alkanes of at least 4 members (excludes halogenated alkanes) is 12. The van der Waals surface area contributed by atoms with Crippen LogP contribution in [-0.2, 0) is 5.41 Å². The van der Waals surface area contributed by atoms with E-state index in [4.69, 9.17) is 11.5 Å². The molecule has 0 heterocycles. The maximum atomic E-state index is 6.06. The Kier molecular flexibility index (Phi) is 13.4. The molecule has 2 aliphatic carbocycles. The third-order valence-electron chi connectivity index (χ3n) is 11.1. The maximum absolute atomic E-state index is 6.06. The fraction of sp³-hybridized carbons (Fsp3) is 0.692. The molecule has 2 heteroatoms. The molecule has 2 nitrogen and oxygen atoms in total. The van der Waals surface area contributed by atoms with Crippen molar-refractivity contribution >= 4 is 11.4 Å². The number of hydrogen-bond acceptors (Lipinski definition) is 2. The van der Waals surface area contributed by atoms with E-state index in [9.17, 15) is 0 Å². The second-order valence-electron chi connectivity index (χ2n) is 14.0. The van der Waals surface area contributed by atoms with Gasteiger partial charge in [-0.2, -0.15) is 0 Å². The first kappa shape index (κ1) is 32.0. The zero-order valence-corrected chi connectivity index (χ0v) is 26.6. The molecule has 0 aliphatic heterocycles. The molecule has 0 amide bonds. The molecule has 0 bridgehead atoms. The van der Waals surface area contributed by atoms with E-state index in [0.29, 0.717) is 0 Å². The predicted molar refractivity (Wildman–Crippen MR) is 180 cm³/mol. The molecule has 2 aromatic carbocycles. The zero-order chi connectivity index (χ0) is 28.8. The van der Waals surface area contributed by atoms with Crippen molar-refractivity contribution < 1.29 is 0 Å². The third kappa shape index (κ3) is 9.79. The molecule has 2 fully saturated rings. The molecule has 228 valence electrons. The number of hydrogen-bond donors (Lipinski definition) is 2. The van der Waals surface area contributed by atoms with Gasteiger partial charge in [0.1, 0.15) is 0 Å². The smallest absolute Gasteiger partial charge is 0.0314 e. The summed E-state index contributed by atoms with van der Waals surface area (Å²) in [5, 5.41) is 0. The first-order valence-corrected chi connectivity index (χ1v) is 17.8. The minimum Gasteiger partial charge on any atom is -0.399 e. The number of rotatable bonds is 17. The van der Waals surface area contributed by atoms with Gasteiger partial charge in [-0.25, -0.2) is 0 Å². The van der Waals surface area contributed by atoms with Crippen molar-refractivity contribution in [3.05, 3.63) is 59.7 Å². The molecule has 0 saturated heterocycles. The van der Waals surface area contributed by atoms with Crippen molar-refractivity contribution in [2.75, 3.05) is 11.5 Å². The van der Waals surface area contributed by atoms with Gasteiger partial charge in [0.15, 0.2) is 0 Å². The van der Waals surface area contributed by atoms with Gasteiger partial charge >= 0.3 is 0 Å². The number of benzene rings is 2. The summed E-state index contributed by atoms with van der Waals surface area (Å²) < 4.78 is 0. The minimum absolute atomic E-state index is 0.101. The summed E-state index contributed by atoms with van der Waals surface area (Å²) in [6, 6.07) is 17.4. The molecule has 0 aromatic heterocycles. The van der Waals surface area contributed by atoms with Crippen LogP contribution in [0.2, 0.25) is 0 Å². The van der Waals surface area contributed by atoms with Gasteiger partial charge in [-0.05, 0) is 91.7 Å². The number of anilines is 2. The summed E-state index contributed by atoms with van der Waals surface area (Å²) in [5.74, 6) is 2.86. The number of nitrogen functional groups attached to an aromatic ring is 2. The molecule has 2 saturated carbocycles. The van der Waals surface area contributed by atoms with Gasteiger partial charge in [0.05, 0.1) is 0 Å². The van der Waals surface area contributed by atoms with Crippen molar-refractivity contribution in [3.8, 4) is 0 Å². The van der Waals surface area contributed by atoms with Crippen molar-refractivity contribution in [3.63, 3.8) is 0 Å². The fourth-order valence-corrected chi connectivity index (χ4v) is 8.35. The zero-order valence-electron chi connectivity index (χ0n) is 26.6. The normalized spacial score (nSPS) is 21.2. The fourth-order valence-electron chi connectivity index (χ4n) is 8.35. The lowest BCUT2D eigenvalue weighted by molar-refractivity contribution is 0.140. The summed E-state index contributed by atoms with van der Waals surface area (Å²) in [6.07, 6.45) is 31.6. The standard InChI is InChI=1S/C39H62N2/c1-2-3-4-5-6-7-8-9-10-11-12-13-14-15-32-16-18-33(19-17-32)34-28-30-39(31-29-34,35-20-24-37(40)25-21-35)36-22-26-38(41)27-23-36/h20-27,32-34H,2-19,28-31,40-41H2,1H3/t32-,33-. The van der Waals surface area contributed by atoms with Crippen LogP contribution < -0.4 is 11.5 Å². The topological polar surface area (TPSA) is 52.0 Å². The molecule has 0 radical (unpaired) electrons. The first-order valence-electron chi connectivity index (χ1n) is 17.8. The summed E-state index contributed by atoms with van der Waals surface area (Å²) in [6.45, 7) is 2.31. The van der Waals surface area contributed by atoms with Gasteiger partial charge in [0, 0.05) is 16.8 Å². The lowest BCUT2D eigenvalue weighted by Gasteiger charge is -2.44. The Bertz CT molecular complexity index is 899. The molecule has 4 rings (SSSR count). The van der Waals surface area contributed by atoms with E-state index in [1.807, 2.05) is 0 Å². The lowest BCUT2D eigenvalue weighted by Crippen LogP contribution is -2.36. The molecule has 0 atom stereocenters. The van der Waals surface area contributed by atoms with Crippen LogP contribution in [0.4, 0.5) is 11.4 Å². The van der Waals surface area contributed by atoms with Gasteiger partial charge in [-0.3, -0.25) is 0 Å². The van der Waals surface area contributed by atoms with Gasteiger partial charge in [0.2, 0.25) is 0 Å².